The van der Waals surface area contributed by atoms with E-state index < -0.39 is 5.54 Å². The Morgan fingerprint density at radius 2 is 1.27 bits per heavy atom. The van der Waals surface area contributed by atoms with Crippen LogP contribution in [0.25, 0.3) is 0 Å². The average Bonchev–Trinajstić information content (AvgIpc) is 2.73. The maximum Gasteiger partial charge on any atom is 0.118 e. The Hall–Kier alpha value is -2.62. The molecule has 0 heterocycles. The molecule has 0 fully saturated rings. The number of methoxy groups -OCH3 is 1. The molecule has 0 aliphatic heterocycles. The molecular formula is C23H25NO2. The van der Waals surface area contributed by atoms with Gasteiger partial charge in [-0.05, 0) is 41.8 Å². The number of aliphatic hydroxyl groups is 1. The fourth-order valence-electron chi connectivity index (χ4n) is 3.38. The zero-order valence-electron chi connectivity index (χ0n) is 15.1. The van der Waals surface area contributed by atoms with Gasteiger partial charge in [-0.3, -0.25) is 5.32 Å². The van der Waals surface area contributed by atoms with Crippen molar-refractivity contribution >= 4 is 0 Å². The van der Waals surface area contributed by atoms with E-state index in [4.69, 9.17) is 4.74 Å². The molecule has 0 saturated heterocycles. The number of benzene rings is 3. The maximum absolute atomic E-state index is 9.29. The summed E-state index contributed by atoms with van der Waals surface area (Å²) in [6.45, 7) is 0.863. The molecule has 0 aliphatic rings. The number of nitrogens with one attached hydrogen (secondary N) is 1. The third-order valence-electron chi connectivity index (χ3n) is 4.66. The van der Waals surface area contributed by atoms with E-state index >= 15 is 0 Å². The second-order valence-electron chi connectivity index (χ2n) is 6.21. The van der Waals surface area contributed by atoms with Gasteiger partial charge in [-0.15, -0.1) is 0 Å². The first-order valence-corrected chi connectivity index (χ1v) is 8.92. The molecule has 3 rings (SSSR count). The molecule has 0 radical (unpaired) electrons. The predicted octanol–water partition coefficient (Wildman–Crippen LogP) is 3.96. The van der Waals surface area contributed by atoms with Crippen LogP contribution < -0.4 is 10.1 Å². The van der Waals surface area contributed by atoms with Crippen LogP contribution in [0.15, 0.2) is 84.9 Å². The molecule has 3 aromatic carbocycles. The molecule has 0 amide bonds. The summed E-state index contributed by atoms with van der Waals surface area (Å²) >= 11 is 0. The fraction of sp³-hybridized carbons (Fsp3) is 0.217. The lowest BCUT2D eigenvalue weighted by Gasteiger charge is -2.37. The van der Waals surface area contributed by atoms with Crippen LogP contribution in [0.4, 0.5) is 0 Å². The molecule has 3 aromatic rings. The third kappa shape index (κ3) is 3.64. The van der Waals surface area contributed by atoms with E-state index in [1.165, 1.54) is 0 Å². The third-order valence-corrected chi connectivity index (χ3v) is 4.66. The number of aliphatic hydroxyl groups excluding tert-OH is 1. The van der Waals surface area contributed by atoms with Crippen molar-refractivity contribution in [2.45, 2.75) is 12.0 Å². The van der Waals surface area contributed by atoms with Crippen LogP contribution in [0.3, 0.4) is 0 Å². The highest BCUT2D eigenvalue weighted by Crippen LogP contribution is 2.37. The number of hydrogen-bond donors (Lipinski definition) is 2. The van der Waals surface area contributed by atoms with Crippen molar-refractivity contribution in [2.24, 2.45) is 0 Å². The van der Waals surface area contributed by atoms with Gasteiger partial charge in [0, 0.05) is 6.61 Å². The first-order valence-electron chi connectivity index (χ1n) is 8.92. The zero-order chi connectivity index (χ0) is 18.2. The van der Waals surface area contributed by atoms with Crippen LogP contribution in [0, 0.1) is 0 Å². The zero-order valence-corrected chi connectivity index (χ0v) is 15.1. The Morgan fingerprint density at radius 3 is 1.73 bits per heavy atom. The van der Waals surface area contributed by atoms with Gasteiger partial charge < -0.3 is 9.84 Å². The first-order chi connectivity index (χ1) is 12.8. The van der Waals surface area contributed by atoms with E-state index in [0.29, 0.717) is 13.0 Å². The average molecular weight is 347 g/mol. The van der Waals surface area contributed by atoms with Crippen LogP contribution in [-0.4, -0.2) is 25.4 Å². The van der Waals surface area contributed by atoms with Crippen molar-refractivity contribution in [3.8, 4) is 5.75 Å². The van der Waals surface area contributed by atoms with E-state index in [1.807, 2.05) is 24.3 Å². The smallest absolute Gasteiger partial charge is 0.118 e. The highest BCUT2D eigenvalue weighted by Gasteiger charge is 2.35. The van der Waals surface area contributed by atoms with Gasteiger partial charge in [0.25, 0.3) is 0 Å². The van der Waals surface area contributed by atoms with Gasteiger partial charge in [0.15, 0.2) is 0 Å². The highest BCUT2D eigenvalue weighted by atomic mass is 16.5. The Morgan fingerprint density at radius 1 is 0.769 bits per heavy atom. The molecule has 0 spiro atoms. The summed E-state index contributed by atoms with van der Waals surface area (Å²) in [6, 6.07) is 29.0. The number of ether oxygens (including phenoxy) is 1. The van der Waals surface area contributed by atoms with Gasteiger partial charge in [-0.2, -0.15) is 0 Å². The minimum absolute atomic E-state index is 0.162. The summed E-state index contributed by atoms with van der Waals surface area (Å²) in [6.07, 6.45) is 0.692. The Kier molecular flexibility index (Phi) is 6.05. The fourth-order valence-corrected chi connectivity index (χ4v) is 3.38. The summed E-state index contributed by atoms with van der Waals surface area (Å²) in [5, 5.41) is 13.0. The summed E-state index contributed by atoms with van der Waals surface area (Å²) in [7, 11) is 1.68. The van der Waals surface area contributed by atoms with Crippen molar-refractivity contribution in [1.82, 2.24) is 5.32 Å². The van der Waals surface area contributed by atoms with Gasteiger partial charge in [0.05, 0.1) is 12.6 Å². The molecule has 0 saturated carbocycles. The van der Waals surface area contributed by atoms with E-state index in [9.17, 15) is 5.11 Å². The molecule has 0 aliphatic carbocycles. The summed E-state index contributed by atoms with van der Waals surface area (Å²) in [5.41, 5.74) is 2.96. The largest absolute Gasteiger partial charge is 0.497 e. The van der Waals surface area contributed by atoms with E-state index in [0.717, 1.165) is 22.4 Å². The molecule has 2 N–H and O–H groups in total. The van der Waals surface area contributed by atoms with Gasteiger partial charge >= 0.3 is 0 Å². The van der Waals surface area contributed by atoms with E-state index in [2.05, 4.69) is 66.0 Å². The lowest BCUT2D eigenvalue weighted by atomic mass is 9.77. The van der Waals surface area contributed by atoms with E-state index in [-0.39, 0.29) is 6.61 Å². The van der Waals surface area contributed by atoms with Crippen LogP contribution in [0.1, 0.15) is 23.1 Å². The van der Waals surface area contributed by atoms with E-state index in [1.54, 1.807) is 7.11 Å². The van der Waals surface area contributed by atoms with Crippen molar-refractivity contribution in [3.63, 3.8) is 0 Å². The van der Waals surface area contributed by atoms with Crippen molar-refractivity contribution in [2.75, 3.05) is 20.3 Å². The lowest BCUT2D eigenvalue weighted by molar-refractivity contribution is 0.280. The normalized spacial score (nSPS) is 11.3. The molecular weight excluding hydrogens is 322 g/mol. The topological polar surface area (TPSA) is 41.5 Å². The Balaban J connectivity index is 2.19. The van der Waals surface area contributed by atoms with Crippen LogP contribution in [-0.2, 0) is 5.54 Å². The molecule has 0 bridgehead atoms. The molecule has 0 atom stereocenters. The number of hydrogen-bond acceptors (Lipinski definition) is 3. The monoisotopic (exact) mass is 347 g/mol. The highest BCUT2D eigenvalue weighted by molar-refractivity contribution is 5.50. The van der Waals surface area contributed by atoms with Crippen molar-refractivity contribution in [3.05, 3.63) is 102 Å². The van der Waals surface area contributed by atoms with Crippen molar-refractivity contribution in [1.29, 1.82) is 0 Å². The molecule has 0 aromatic heterocycles. The second-order valence-corrected chi connectivity index (χ2v) is 6.21. The van der Waals surface area contributed by atoms with Gasteiger partial charge in [0.2, 0.25) is 0 Å². The SMILES string of the molecule is COc1ccc(C(NCCCO)(c2ccccc2)c2ccccc2)cc1. The van der Waals surface area contributed by atoms with Gasteiger partial charge in [-0.25, -0.2) is 0 Å². The minimum atomic E-state index is -0.496. The molecule has 134 valence electrons. The molecule has 0 unspecified atom stereocenters. The quantitative estimate of drug-likeness (QED) is 0.479. The Bertz CT molecular complexity index is 746. The second kappa shape index (κ2) is 8.65. The van der Waals surface area contributed by atoms with Gasteiger partial charge in [0.1, 0.15) is 5.75 Å². The summed E-state index contributed by atoms with van der Waals surface area (Å²) in [5.74, 6) is 0.833. The molecule has 3 heteroatoms. The summed E-state index contributed by atoms with van der Waals surface area (Å²) in [4.78, 5) is 0. The minimum Gasteiger partial charge on any atom is -0.497 e. The van der Waals surface area contributed by atoms with Crippen molar-refractivity contribution < 1.29 is 9.84 Å². The number of rotatable bonds is 8. The van der Waals surface area contributed by atoms with Crippen LogP contribution in [0.2, 0.25) is 0 Å². The maximum atomic E-state index is 9.29. The Labute approximate surface area is 155 Å². The van der Waals surface area contributed by atoms with Crippen LogP contribution in [0.5, 0.6) is 5.75 Å². The first kappa shape index (κ1) is 18.2. The lowest BCUT2D eigenvalue weighted by Crippen LogP contribution is -2.45. The predicted molar refractivity (Wildman–Crippen MR) is 105 cm³/mol. The van der Waals surface area contributed by atoms with Gasteiger partial charge in [-0.1, -0.05) is 72.8 Å². The molecule has 3 nitrogen and oxygen atoms in total. The standard InChI is InChI=1S/C23H25NO2/c1-26-22-15-13-21(14-16-22)23(24-17-8-18-25,19-9-4-2-5-10-19)20-11-6-3-7-12-20/h2-7,9-16,24-25H,8,17-18H2,1H3. The molecule has 26 heavy (non-hydrogen) atoms. The van der Waals surface area contributed by atoms with Crippen LogP contribution >= 0.6 is 0 Å². The summed E-state index contributed by atoms with van der Waals surface area (Å²) < 4.78 is 5.34.